The third-order valence-electron chi connectivity index (χ3n) is 3.79. The highest BCUT2D eigenvalue weighted by Gasteiger charge is 2.21. The number of nitrogens with one attached hydrogen (secondary N) is 1. The molecule has 0 aromatic carbocycles. The first-order valence-corrected chi connectivity index (χ1v) is 6.97. The molecule has 1 amide bonds. The van der Waals surface area contributed by atoms with Crippen molar-refractivity contribution < 1.29 is 9.21 Å². The van der Waals surface area contributed by atoms with Crippen LogP contribution in [0.15, 0.2) is 10.5 Å². The van der Waals surface area contributed by atoms with Gasteiger partial charge in [0.15, 0.2) is 5.76 Å². The van der Waals surface area contributed by atoms with E-state index >= 15 is 0 Å². The summed E-state index contributed by atoms with van der Waals surface area (Å²) in [5, 5.41) is 0. The highest BCUT2D eigenvalue weighted by molar-refractivity contribution is 5.92. The predicted octanol–water partition coefficient (Wildman–Crippen LogP) is 0.575. The minimum atomic E-state index is -0.381. The van der Waals surface area contributed by atoms with Crippen LogP contribution in [-0.4, -0.2) is 49.4 Å². The molecule has 6 heteroatoms. The van der Waals surface area contributed by atoms with Crippen molar-refractivity contribution in [2.75, 3.05) is 33.7 Å². The number of nitrogen functional groups attached to an aromatic ring is 1. The second kappa shape index (κ2) is 6.39. The fraction of sp³-hybridized carbons (Fsp3) is 0.643. The molecule has 1 fully saturated rings. The van der Waals surface area contributed by atoms with Gasteiger partial charge in [0.25, 0.3) is 0 Å². The second-order valence-corrected chi connectivity index (χ2v) is 5.81. The molecule has 0 bridgehead atoms. The number of aryl methyl sites for hydroxylation is 1. The number of amides is 1. The lowest BCUT2D eigenvalue weighted by Crippen LogP contribution is -2.30. The molecule has 112 valence electrons. The van der Waals surface area contributed by atoms with E-state index in [9.17, 15) is 4.79 Å². The van der Waals surface area contributed by atoms with Crippen molar-refractivity contribution in [3.8, 4) is 0 Å². The molecular weight excluding hydrogens is 256 g/mol. The Kier molecular flexibility index (Phi) is 4.80. The Balaban J connectivity index is 1.91. The van der Waals surface area contributed by atoms with Crippen LogP contribution in [0.25, 0.3) is 0 Å². The van der Waals surface area contributed by atoms with Gasteiger partial charge in [0.1, 0.15) is 5.76 Å². The number of rotatable bonds is 5. The number of carbonyl (C=O) groups is 1. The van der Waals surface area contributed by atoms with Crippen molar-refractivity contribution >= 4 is 5.91 Å². The van der Waals surface area contributed by atoms with E-state index in [4.69, 9.17) is 10.3 Å². The Labute approximate surface area is 119 Å². The average molecular weight is 280 g/mol. The van der Waals surface area contributed by atoms with E-state index in [0.29, 0.717) is 18.2 Å². The van der Waals surface area contributed by atoms with E-state index in [2.05, 4.69) is 29.3 Å². The summed E-state index contributed by atoms with van der Waals surface area (Å²) in [6.07, 6.45) is 1.25. The smallest absolute Gasteiger partial charge is 0.301 e. The minimum absolute atomic E-state index is 0.302. The molecular formula is C14H24N4O2. The van der Waals surface area contributed by atoms with Gasteiger partial charge in [-0.05, 0) is 46.0 Å². The van der Waals surface area contributed by atoms with Crippen molar-refractivity contribution in [2.24, 2.45) is 11.8 Å². The minimum Gasteiger partial charge on any atom is -0.454 e. The molecule has 0 spiro atoms. The number of furan rings is 1. The van der Waals surface area contributed by atoms with Crippen LogP contribution < -0.4 is 11.3 Å². The van der Waals surface area contributed by atoms with E-state index in [1.54, 1.807) is 0 Å². The largest absolute Gasteiger partial charge is 0.454 e. The normalized spacial score (nSPS) is 19.8. The van der Waals surface area contributed by atoms with Crippen LogP contribution in [0.3, 0.4) is 0 Å². The number of hydrazine groups is 1. The van der Waals surface area contributed by atoms with Gasteiger partial charge in [0, 0.05) is 18.7 Å². The van der Waals surface area contributed by atoms with E-state index in [-0.39, 0.29) is 5.91 Å². The molecule has 1 aliphatic rings. The van der Waals surface area contributed by atoms with E-state index < -0.39 is 0 Å². The first-order chi connectivity index (χ1) is 9.49. The highest BCUT2D eigenvalue weighted by atomic mass is 16.4. The lowest BCUT2D eigenvalue weighted by Gasteiger charge is -2.19. The molecule has 0 radical (unpaired) electrons. The zero-order chi connectivity index (χ0) is 14.7. The molecule has 1 saturated heterocycles. The van der Waals surface area contributed by atoms with Crippen molar-refractivity contribution in [1.82, 2.24) is 15.2 Å². The molecule has 3 N–H and O–H groups in total. The standard InChI is InChI=1S/C14H24N4O2/c1-10-6-12(20-13(10)14(19)16-15)9-18(3)8-11-4-5-17(2)7-11/h6,11H,4-5,7-9,15H2,1-3H3,(H,16,19). The van der Waals surface area contributed by atoms with Crippen molar-refractivity contribution in [2.45, 2.75) is 19.9 Å². The Morgan fingerprint density at radius 2 is 2.40 bits per heavy atom. The summed E-state index contributed by atoms with van der Waals surface area (Å²) in [6.45, 7) is 5.94. The van der Waals surface area contributed by atoms with Crippen molar-refractivity contribution in [3.05, 3.63) is 23.2 Å². The quantitative estimate of drug-likeness (QED) is 0.469. The van der Waals surface area contributed by atoms with Gasteiger partial charge >= 0.3 is 5.91 Å². The highest BCUT2D eigenvalue weighted by Crippen LogP contribution is 2.19. The number of hydrogen-bond donors (Lipinski definition) is 2. The molecule has 1 aromatic heterocycles. The Morgan fingerprint density at radius 3 is 3.00 bits per heavy atom. The van der Waals surface area contributed by atoms with Gasteiger partial charge in [0.05, 0.1) is 6.54 Å². The molecule has 1 aliphatic heterocycles. The van der Waals surface area contributed by atoms with Crippen molar-refractivity contribution in [1.29, 1.82) is 0 Å². The summed E-state index contributed by atoms with van der Waals surface area (Å²) >= 11 is 0. The topological polar surface area (TPSA) is 74.7 Å². The molecule has 1 unspecified atom stereocenters. The summed E-state index contributed by atoms with van der Waals surface area (Å²) in [5.41, 5.74) is 2.92. The predicted molar refractivity (Wildman–Crippen MR) is 77.0 cm³/mol. The molecule has 0 aliphatic carbocycles. The summed E-state index contributed by atoms with van der Waals surface area (Å²) < 4.78 is 5.58. The van der Waals surface area contributed by atoms with Gasteiger partial charge in [0.2, 0.25) is 0 Å². The lowest BCUT2D eigenvalue weighted by molar-refractivity contribution is 0.0921. The maximum Gasteiger partial charge on any atom is 0.301 e. The maximum absolute atomic E-state index is 11.5. The van der Waals surface area contributed by atoms with E-state index in [1.807, 2.05) is 13.0 Å². The SMILES string of the molecule is Cc1cc(CN(C)CC2CCN(C)C2)oc1C(=O)NN. The number of hydrogen-bond acceptors (Lipinski definition) is 5. The second-order valence-electron chi connectivity index (χ2n) is 5.81. The van der Waals surface area contributed by atoms with Gasteiger partial charge in [-0.15, -0.1) is 0 Å². The number of nitrogens with two attached hydrogens (primary N) is 1. The fourth-order valence-corrected chi connectivity index (χ4v) is 2.86. The van der Waals surface area contributed by atoms with Gasteiger partial charge < -0.3 is 9.32 Å². The van der Waals surface area contributed by atoms with Gasteiger partial charge in [-0.1, -0.05) is 0 Å². The van der Waals surface area contributed by atoms with E-state index in [0.717, 1.165) is 24.4 Å². The van der Waals surface area contributed by atoms with Crippen molar-refractivity contribution in [3.63, 3.8) is 0 Å². The first-order valence-electron chi connectivity index (χ1n) is 6.97. The fourth-order valence-electron chi connectivity index (χ4n) is 2.86. The first kappa shape index (κ1) is 15.0. The number of likely N-dealkylation sites (tertiary alicyclic amines) is 1. The molecule has 1 aromatic rings. The van der Waals surface area contributed by atoms with Crippen LogP contribution >= 0.6 is 0 Å². The summed E-state index contributed by atoms with van der Waals surface area (Å²) in [4.78, 5) is 16.1. The monoisotopic (exact) mass is 280 g/mol. The van der Waals surface area contributed by atoms with Gasteiger partial charge in [-0.3, -0.25) is 15.1 Å². The Bertz CT molecular complexity index is 472. The molecule has 2 heterocycles. The van der Waals surface area contributed by atoms with Crippen LogP contribution in [0.4, 0.5) is 0 Å². The Hall–Kier alpha value is -1.37. The van der Waals surface area contributed by atoms with Crippen LogP contribution in [0, 0.1) is 12.8 Å². The Morgan fingerprint density at radius 1 is 1.65 bits per heavy atom. The van der Waals surface area contributed by atoms with E-state index in [1.165, 1.54) is 13.0 Å². The molecule has 2 rings (SSSR count). The third-order valence-corrected chi connectivity index (χ3v) is 3.79. The average Bonchev–Trinajstić information content (AvgIpc) is 2.94. The molecule has 6 nitrogen and oxygen atoms in total. The van der Waals surface area contributed by atoms with Crippen LogP contribution in [0.1, 0.15) is 28.3 Å². The lowest BCUT2D eigenvalue weighted by atomic mass is 10.1. The summed E-state index contributed by atoms with van der Waals surface area (Å²) in [5.74, 6) is 6.57. The van der Waals surface area contributed by atoms with Gasteiger partial charge in [-0.2, -0.15) is 0 Å². The van der Waals surface area contributed by atoms with Crippen LogP contribution in [-0.2, 0) is 6.54 Å². The van der Waals surface area contributed by atoms with Crippen LogP contribution in [0.2, 0.25) is 0 Å². The molecule has 1 atom stereocenters. The maximum atomic E-state index is 11.5. The number of carbonyl (C=O) groups excluding carboxylic acids is 1. The zero-order valence-corrected chi connectivity index (χ0v) is 12.5. The van der Waals surface area contributed by atoms with Crippen LogP contribution in [0.5, 0.6) is 0 Å². The zero-order valence-electron chi connectivity index (χ0n) is 12.5. The third kappa shape index (κ3) is 3.59. The molecule has 0 saturated carbocycles. The van der Waals surface area contributed by atoms with Gasteiger partial charge in [-0.25, -0.2) is 5.84 Å². The molecule has 20 heavy (non-hydrogen) atoms. The summed E-state index contributed by atoms with van der Waals surface area (Å²) in [6, 6.07) is 1.90. The summed E-state index contributed by atoms with van der Waals surface area (Å²) in [7, 11) is 4.24. The number of nitrogens with zero attached hydrogens (tertiary/aromatic N) is 2.